The number of ether oxygens (including phenoxy) is 1. The lowest BCUT2D eigenvalue weighted by Gasteiger charge is -2.14. The SMILES string of the molecule is C[C@@H](CC#N)NC(=O)c1ccccc1Oc1ccccc1C#N. The van der Waals surface area contributed by atoms with E-state index in [1.54, 1.807) is 55.5 Å². The van der Waals surface area contributed by atoms with Crippen LogP contribution in [0.25, 0.3) is 0 Å². The summed E-state index contributed by atoms with van der Waals surface area (Å²) < 4.78 is 5.75. The Hall–Kier alpha value is -3.31. The molecule has 0 radical (unpaired) electrons. The smallest absolute Gasteiger partial charge is 0.255 e. The van der Waals surface area contributed by atoms with Crippen molar-refractivity contribution in [2.75, 3.05) is 0 Å². The predicted octanol–water partition coefficient (Wildman–Crippen LogP) is 3.38. The van der Waals surface area contributed by atoms with Gasteiger partial charge in [0.25, 0.3) is 5.91 Å². The van der Waals surface area contributed by atoms with Crippen molar-refractivity contribution in [3.05, 3.63) is 59.7 Å². The van der Waals surface area contributed by atoms with Gasteiger partial charge in [-0.05, 0) is 31.2 Å². The normalized spacial score (nSPS) is 10.9. The van der Waals surface area contributed by atoms with Crippen molar-refractivity contribution in [2.45, 2.75) is 19.4 Å². The van der Waals surface area contributed by atoms with Gasteiger partial charge in [0.15, 0.2) is 0 Å². The molecule has 1 amide bonds. The maximum absolute atomic E-state index is 12.3. The second kappa shape index (κ2) is 7.63. The van der Waals surface area contributed by atoms with Crippen LogP contribution in [0.2, 0.25) is 0 Å². The first-order valence-electron chi connectivity index (χ1n) is 7.09. The van der Waals surface area contributed by atoms with E-state index in [1.807, 2.05) is 6.07 Å². The first-order valence-corrected chi connectivity index (χ1v) is 7.09. The topological polar surface area (TPSA) is 85.9 Å². The molecule has 0 aromatic heterocycles. The Balaban J connectivity index is 2.26. The number of carbonyl (C=O) groups excluding carboxylic acids is 1. The van der Waals surface area contributed by atoms with Gasteiger partial charge in [0, 0.05) is 6.04 Å². The molecule has 0 unspecified atom stereocenters. The quantitative estimate of drug-likeness (QED) is 0.917. The van der Waals surface area contributed by atoms with Crippen molar-refractivity contribution in [3.8, 4) is 23.6 Å². The summed E-state index contributed by atoms with van der Waals surface area (Å²) in [6.07, 6.45) is 0.228. The summed E-state index contributed by atoms with van der Waals surface area (Å²) in [5.41, 5.74) is 0.741. The number of nitriles is 2. The Morgan fingerprint density at radius 3 is 2.48 bits per heavy atom. The van der Waals surface area contributed by atoms with Gasteiger partial charge in [-0.3, -0.25) is 4.79 Å². The largest absolute Gasteiger partial charge is 0.455 e. The molecule has 0 aliphatic rings. The Labute approximate surface area is 134 Å². The molecular weight excluding hydrogens is 290 g/mol. The maximum Gasteiger partial charge on any atom is 0.255 e. The van der Waals surface area contributed by atoms with Crippen molar-refractivity contribution in [1.82, 2.24) is 5.32 Å². The van der Waals surface area contributed by atoms with Gasteiger partial charge in [0.2, 0.25) is 0 Å². The molecular formula is C18H15N3O2. The van der Waals surface area contributed by atoms with E-state index in [9.17, 15) is 4.79 Å². The third kappa shape index (κ3) is 4.09. The zero-order chi connectivity index (χ0) is 16.7. The van der Waals surface area contributed by atoms with E-state index in [4.69, 9.17) is 15.3 Å². The summed E-state index contributed by atoms with van der Waals surface area (Å²) in [5, 5.41) is 20.5. The number of rotatable bonds is 5. The van der Waals surface area contributed by atoms with Gasteiger partial charge in [0.1, 0.15) is 17.6 Å². The standard InChI is InChI=1S/C18H15N3O2/c1-13(10-11-19)21-18(22)15-7-3-5-9-17(15)23-16-8-4-2-6-14(16)12-20/h2-9,13H,10H2,1H3,(H,21,22)/t13-/m0/s1. The molecule has 5 nitrogen and oxygen atoms in total. The fraction of sp³-hybridized carbons (Fsp3) is 0.167. The van der Waals surface area contributed by atoms with Crippen molar-refractivity contribution >= 4 is 5.91 Å². The van der Waals surface area contributed by atoms with E-state index in [0.29, 0.717) is 22.6 Å². The fourth-order valence-corrected chi connectivity index (χ4v) is 2.00. The molecule has 0 saturated carbocycles. The summed E-state index contributed by atoms with van der Waals surface area (Å²) in [5.74, 6) is 0.426. The number of amides is 1. The Kier molecular flexibility index (Phi) is 5.33. The van der Waals surface area contributed by atoms with E-state index in [-0.39, 0.29) is 18.4 Å². The molecule has 114 valence electrons. The van der Waals surface area contributed by atoms with Crippen molar-refractivity contribution < 1.29 is 9.53 Å². The van der Waals surface area contributed by atoms with Gasteiger partial charge in [-0.2, -0.15) is 10.5 Å². The Morgan fingerprint density at radius 2 is 1.78 bits per heavy atom. The minimum absolute atomic E-state index is 0.228. The van der Waals surface area contributed by atoms with Gasteiger partial charge in [-0.25, -0.2) is 0 Å². The van der Waals surface area contributed by atoms with Crippen LogP contribution >= 0.6 is 0 Å². The van der Waals surface area contributed by atoms with Crippen LogP contribution in [0.5, 0.6) is 11.5 Å². The highest BCUT2D eigenvalue weighted by Gasteiger charge is 2.15. The second-order valence-corrected chi connectivity index (χ2v) is 4.94. The number of para-hydroxylation sites is 2. The molecule has 1 atom stereocenters. The summed E-state index contributed by atoms with van der Waals surface area (Å²) in [6, 6.07) is 17.4. The maximum atomic E-state index is 12.3. The third-order valence-corrected chi connectivity index (χ3v) is 3.13. The molecule has 2 rings (SSSR count). The van der Waals surface area contributed by atoms with Crippen LogP contribution in [-0.2, 0) is 0 Å². The van der Waals surface area contributed by atoms with Crippen LogP contribution in [0.3, 0.4) is 0 Å². The molecule has 0 aliphatic carbocycles. The van der Waals surface area contributed by atoms with Gasteiger partial charge in [0.05, 0.1) is 23.6 Å². The lowest BCUT2D eigenvalue weighted by molar-refractivity contribution is 0.0938. The van der Waals surface area contributed by atoms with E-state index in [0.717, 1.165) is 0 Å². The number of nitrogens with zero attached hydrogens (tertiary/aromatic N) is 2. The number of hydrogen-bond acceptors (Lipinski definition) is 4. The van der Waals surface area contributed by atoms with Gasteiger partial charge < -0.3 is 10.1 Å². The fourth-order valence-electron chi connectivity index (χ4n) is 2.00. The number of benzene rings is 2. The Morgan fingerprint density at radius 1 is 1.13 bits per heavy atom. The molecule has 0 saturated heterocycles. The molecule has 0 heterocycles. The third-order valence-electron chi connectivity index (χ3n) is 3.13. The highest BCUT2D eigenvalue weighted by Crippen LogP contribution is 2.27. The monoisotopic (exact) mass is 305 g/mol. The minimum Gasteiger partial charge on any atom is -0.455 e. The lowest BCUT2D eigenvalue weighted by atomic mass is 10.1. The summed E-state index contributed by atoms with van der Waals surface area (Å²) in [4.78, 5) is 12.3. The molecule has 0 fully saturated rings. The first-order chi connectivity index (χ1) is 11.2. The average molecular weight is 305 g/mol. The molecule has 1 N–H and O–H groups in total. The van der Waals surface area contributed by atoms with Crippen LogP contribution in [0.4, 0.5) is 0 Å². The molecule has 5 heteroatoms. The average Bonchev–Trinajstić information content (AvgIpc) is 2.56. The van der Waals surface area contributed by atoms with E-state index < -0.39 is 0 Å². The molecule has 23 heavy (non-hydrogen) atoms. The molecule has 0 spiro atoms. The lowest BCUT2D eigenvalue weighted by Crippen LogP contribution is -2.32. The summed E-state index contributed by atoms with van der Waals surface area (Å²) >= 11 is 0. The number of carbonyl (C=O) groups is 1. The highest BCUT2D eigenvalue weighted by molar-refractivity contribution is 5.97. The predicted molar refractivity (Wildman–Crippen MR) is 84.8 cm³/mol. The van der Waals surface area contributed by atoms with Crippen molar-refractivity contribution in [1.29, 1.82) is 10.5 Å². The molecule has 0 aliphatic heterocycles. The molecule has 2 aromatic rings. The van der Waals surface area contributed by atoms with Crippen molar-refractivity contribution in [3.63, 3.8) is 0 Å². The second-order valence-electron chi connectivity index (χ2n) is 4.94. The van der Waals surface area contributed by atoms with Gasteiger partial charge in [-0.15, -0.1) is 0 Å². The van der Waals surface area contributed by atoms with Crippen LogP contribution in [-0.4, -0.2) is 11.9 Å². The summed E-state index contributed by atoms with van der Waals surface area (Å²) in [7, 11) is 0. The van der Waals surface area contributed by atoms with Crippen molar-refractivity contribution in [2.24, 2.45) is 0 Å². The van der Waals surface area contributed by atoms with Gasteiger partial charge in [-0.1, -0.05) is 24.3 Å². The summed E-state index contributed by atoms with van der Waals surface area (Å²) in [6.45, 7) is 1.76. The van der Waals surface area contributed by atoms with E-state index in [2.05, 4.69) is 11.4 Å². The molecule has 0 bridgehead atoms. The zero-order valence-corrected chi connectivity index (χ0v) is 12.6. The molecule has 2 aromatic carbocycles. The van der Waals surface area contributed by atoms with E-state index >= 15 is 0 Å². The van der Waals surface area contributed by atoms with Crippen LogP contribution < -0.4 is 10.1 Å². The minimum atomic E-state index is -0.321. The highest BCUT2D eigenvalue weighted by atomic mass is 16.5. The zero-order valence-electron chi connectivity index (χ0n) is 12.6. The number of nitrogens with one attached hydrogen (secondary N) is 1. The van der Waals surface area contributed by atoms with Crippen LogP contribution in [0.1, 0.15) is 29.3 Å². The number of hydrogen-bond donors (Lipinski definition) is 1. The first kappa shape index (κ1) is 16.1. The van der Waals surface area contributed by atoms with Crippen LogP contribution in [0, 0.1) is 22.7 Å². The Bertz CT molecular complexity index is 787. The van der Waals surface area contributed by atoms with Crippen LogP contribution in [0.15, 0.2) is 48.5 Å². The van der Waals surface area contributed by atoms with E-state index in [1.165, 1.54) is 0 Å². The van der Waals surface area contributed by atoms with Gasteiger partial charge >= 0.3 is 0 Å².